The van der Waals surface area contributed by atoms with Crippen molar-refractivity contribution in [3.63, 3.8) is 0 Å². The molecule has 3 aromatic rings. The highest BCUT2D eigenvalue weighted by Gasteiger charge is 2.20. The van der Waals surface area contributed by atoms with E-state index in [9.17, 15) is 14.9 Å². The van der Waals surface area contributed by atoms with Gasteiger partial charge in [0.1, 0.15) is 0 Å². The number of nitrogens with one attached hydrogen (secondary N) is 1. The SMILES string of the molecule is Cc1ccc([C@H](NC(=O)c2ccc([N+](=O)[O-])c(C)c2)c2cccs2)cc1. The van der Waals surface area contributed by atoms with Crippen LogP contribution in [0.5, 0.6) is 0 Å². The van der Waals surface area contributed by atoms with Gasteiger partial charge in [0.2, 0.25) is 0 Å². The zero-order valence-electron chi connectivity index (χ0n) is 14.4. The topological polar surface area (TPSA) is 72.2 Å². The number of carbonyl (C=O) groups excluding carboxylic acids is 1. The summed E-state index contributed by atoms with van der Waals surface area (Å²) in [5, 5.41) is 16.0. The van der Waals surface area contributed by atoms with Gasteiger partial charge in [0.05, 0.1) is 11.0 Å². The van der Waals surface area contributed by atoms with Crippen molar-refractivity contribution in [3.05, 3.63) is 97.2 Å². The van der Waals surface area contributed by atoms with E-state index in [1.165, 1.54) is 12.1 Å². The molecule has 132 valence electrons. The minimum absolute atomic E-state index is 0.00916. The van der Waals surface area contributed by atoms with Crippen LogP contribution >= 0.6 is 11.3 Å². The van der Waals surface area contributed by atoms with Crippen LogP contribution in [0.2, 0.25) is 0 Å². The molecule has 0 aliphatic rings. The van der Waals surface area contributed by atoms with Gasteiger partial charge in [0.15, 0.2) is 0 Å². The number of carbonyl (C=O) groups is 1. The maximum Gasteiger partial charge on any atom is 0.272 e. The second kappa shape index (κ2) is 7.49. The van der Waals surface area contributed by atoms with Crippen molar-refractivity contribution in [2.45, 2.75) is 19.9 Å². The van der Waals surface area contributed by atoms with Crippen molar-refractivity contribution in [3.8, 4) is 0 Å². The summed E-state index contributed by atoms with van der Waals surface area (Å²) >= 11 is 1.57. The van der Waals surface area contributed by atoms with Gasteiger partial charge >= 0.3 is 0 Å². The number of hydrogen-bond acceptors (Lipinski definition) is 4. The van der Waals surface area contributed by atoms with E-state index in [4.69, 9.17) is 0 Å². The number of aryl methyl sites for hydroxylation is 2. The third kappa shape index (κ3) is 3.81. The van der Waals surface area contributed by atoms with Gasteiger partial charge < -0.3 is 5.32 Å². The summed E-state index contributed by atoms with van der Waals surface area (Å²) in [5.74, 6) is -0.262. The van der Waals surface area contributed by atoms with E-state index < -0.39 is 4.92 Å². The molecule has 0 saturated carbocycles. The van der Waals surface area contributed by atoms with Crippen LogP contribution in [0.4, 0.5) is 5.69 Å². The highest BCUT2D eigenvalue weighted by molar-refractivity contribution is 7.10. The minimum atomic E-state index is -0.447. The highest BCUT2D eigenvalue weighted by Crippen LogP contribution is 2.27. The molecular formula is C20H18N2O3S. The van der Waals surface area contributed by atoms with Crippen molar-refractivity contribution in [1.82, 2.24) is 5.32 Å². The molecule has 0 aliphatic heterocycles. The van der Waals surface area contributed by atoms with Gasteiger partial charge in [-0.3, -0.25) is 14.9 Å². The van der Waals surface area contributed by atoms with Crippen LogP contribution < -0.4 is 5.32 Å². The number of hydrogen-bond donors (Lipinski definition) is 1. The number of nitrogens with zero attached hydrogens (tertiary/aromatic N) is 1. The summed E-state index contributed by atoms with van der Waals surface area (Å²) in [6, 6.07) is 16.1. The Balaban J connectivity index is 1.89. The monoisotopic (exact) mass is 366 g/mol. The van der Waals surface area contributed by atoms with Crippen LogP contribution in [0.3, 0.4) is 0 Å². The number of nitro benzene ring substituents is 1. The Morgan fingerprint density at radius 2 is 1.85 bits per heavy atom. The van der Waals surface area contributed by atoms with Crippen LogP contribution in [0.25, 0.3) is 0 Å². The first kappa shape index (κ1) is 17.8. The number of nitro groups is 1. The van der Waals surface area contributed by atoms with E-state index in [2.05, 4.69) is 5.32 Å². The van der Waals surface area contributed by atoms with Crippen LogP contribution in [0.15, 0.2) is 60.0 Å². The van der Waals surface area contributed by atoms with Gasteiger partial charge in [-0.25, -0.2) is 0 Å². The van der Waals surface area contributed by atoms with Crippen molar-refractivity contribution in [1.29, 1.82) is 0 Å². The molecule has 6 heteroatoms. The Morgan fingerprint density at radius 1 is 1.12 bits per heavy atom. The van der Waals surface area contributed by atoms with Gasteiger partial charge in [-0.05, 0) is 43.0 Å². The second-order valence-corrected chi connectivity index (χ2v) is 7.07. The van der Waals surface area contributed by atoms with E-state index >= 15 is 0 Å². The molecule has 1 heterocycles. The maximum absolute atomic E-state index is 12.7. The molecule has 1 amide bonds. The average molecular weight is 366 g/mol. The smallest absolute Gasteiger partial charge is 0.272 e. The van der Waals surface area contributed by atoms with Crippen LogP contribution in [0, 0.1) is 24.0 Å². The minimum Gasteiger partial charge on any atom is -0.340 e. The summed E-state index contributed by atoms with van der Waals surface area (Å²) < 4.78 is 0. The molecule has 1 aromatic heterocycles. The standard InChI is InChI=1S/C20H18N2O3S/c1-13-5-7-15(8-6-13)19(18-4-3-11-26-18)21-20(23)16-9-10-17(22(24)25)14(2)12-16/h3-12,19H,1-2H3,(H,21,23)/t19-/m0/s1. The van der Waals surface area contributed by atoms with E-state index in [1.54, 1.807) is 24.3 Å². The number of amides is 1. The zero-order chi connectivity index (χ0) is 18.7. The molecule has 0 saturated heterocycles. The molecule has 0 unspecified atom stereocenters. The van der Waals surface area contributed by atoms with Crippen molar-refractivity contribution in [2.75, 3.05) is 0 Å². The van der Waals surface area contributed by atoms with Crippen molar-refractivity contribution >= 4 is 22.9 Å². The molecule has 2 aromatic carbocycles. The van der Waals surface area contributed by atoms with E-state index in [-0.39, 0.29) is 17.6 Å². The fraction of sp³-hybridized carbons (Fsp3) is 0.150. The number of rotatable bonds is 5. The highest BCUT2D eigenvalue weighted by atomic mass is 32.1. The van der Waals surface area contributed by atoms with Gasteiger partial charge in [0.25, 0.3) is 11.6 Å². The molecule has 0 aliphatic carbocycles. The average Bonchev–Trinajstić information content (AvgIpc) is 3.14. The zero-order valence-corrected chi connectivity index (χ0v) is 15.2. The third-order valence-corrected chi connectivity index (χ3v) is 5.11. The van der Waals surface area contributed by atoms with Gasteiger partial charge in [-0.1, -0.05) is 35.9 Å². The Kier molecular flexibility index (Phi) is 5.14. The third-order valence-electron chi connectivity index (χ3n) is 4.17. The maximum atomic E-state index is 12.7. The van der Waals surface area contributed by atoms with Gasteiger partial charge in [0, 0.05) is 22.1 Å². The Morgan fingerprint density at radius 3 is 2.42 bits per heavy atom. The van der Waals surface area contributed by atoms with Gasteiger partial charge in [-0.2, -0.15) is 0 Å². The second-order valence-electron chi connectivity index (χ2n) is 6.09. The fourth-order valence-corrected chi connectivity index (χ4v) is 3.55. The first-order valence-electron chi connectivity index (χ1n) is 8.11. The van der Waals surface area contributed by atoms with Crippen LogP contribution in [0.1, 0.15) is 38.0 Å². The van der Waals surface area contributed by atoms with Crippen LogP contribution in [-0.2, 0) is 0 Å². The fourth-order valence-electron chi connectivity index (χ4n) is 2.75. The summed E-state index contributed by atoms with van der Waals surface area (Å²) in [6.07, 6.45) is 0. The Bertz CT molecular complexity index is 934. The molecule has 26 heavy (non-hydrogen) atoms. The molecule has 1 atom stereocenters. The molecule has 0 bridgehead atoms. The molecule has 0 fully saturated rings. The van der Waals surface area contributed by atoms with Gasteiger partial charge in [-0.15, -0.1) is 11.3 Å². The molecule has 0 spiro atoms. The molecule has 1 N–H and O–H groups in total. The van der Waals surface area contributed by atoms with Crippen molar-refractivity contribution in [2.24, 2.45) is 0 Å². The van der Waals surface area contributed by atoms with E-state index in [0.717, 1.165) is 16.0 Å². The summed E-state index contributed by atoms with van der Waals surface area (Å²) in [7, 11) is 0. The predicted molar refractivity (Wildman–Crippen MR) is 103 cm³/mol. The summed E-state index contributed by atoms with van der Waals surface area (Å²) in [6.45, 7) is 3.65. The summed E-state index contributed by atoms with van der Waals surface area (Å²) in [5.41, 5.74) is 3.02. The van der Waals surface area contributed by atoms with E-state index in [1.807, 2.05) is 48.7 Å². The first-order chi connectivity index (χ1) is 12.5. The molecule has 3 rings (SSSR count). The first-order valence-corrected chi connectivity index (χ1v) is 8.99. The Labute approximate surface area is 155 Å². The molecule has 5 nitrogen and oxygen atoms in total. The molecule has 0 radical (unpaired) electrons. The normalized spacial score (nSPS) is 11.8. The number of thiophene rings is 1. The van der Waals surface area contributed by atoms with Crippen LogP contribution in [-0.4, -0.2) is 10.8 Å². The lowest BCUT2D eigenvalue weighted by atomic mass is 10.0. The molecular weight excluding hydrogens is 348 g/mol. The quantitative estimate of drug-likeness (QED) is 0.521. The predicted octanol–water partition coefficient (Wildman–Crippen LogP) is 4.79. The van der Waals surface area contributed by atoms with Crippen molar-refractivity contribution < 1.29 is 9.72 Å². The largest absolute Gasteiger partial charge is 0.340 e. The lowest BCUT2D eigenvalue weighted by molar-refractivity contribution is -0.385. The van der Waals surface area contributed by atoms with E-state index in [0.29, 0.717) is 11.1 Å². The lowest BCUT2D eigenvalue weighted by Gasteiger charge is -2.18. The summed E-state index contributed by atoms with van der Waals surface area (Å²) in [4.78, 5) is 24.3. The lowest BCUT2D eigenvalue weighted by Crippen LogP contribution is -2.28. The number of benzene rings is 2. The Hall–Kier alpha value is -2.99.